The van der Waals surface area contributed by atoms with Crippen LogP contribution >= 0.6 is 0 Å². The number of fused-ring (bicyclic) bond motifs is 2. The summed E-state index contributed by atoms with van der Waals surface area (Å²) in [5.74, 6) is 1.59. The number of hydrogen-bond acceptors (Lipinski definition) is 8. The molecule has 0 spiro atoms. The molecule has 0 amide bonds. The van der Waals surface area contributed by atoms with Crippen LogP contribution in [0.4, 0.5) is 0 Å². The Kier molecular flexibility index (Phi) is 6.31. The summed E-state index contributed by atoms with van der Waals surface area (Å²) in [7, 11) is 4.40. The van der Waals surface area contributed by atoms with Crippen molar-refractivity contribution >= 4 is 17.8 Å². The molecule has 3 aromatic carbocycles. The van der Waals surface area contributed by atoms with Crippen LogP contribution in [0.2, 0.25) is 0 Å². The highest BCUT2D eigenvalue weighted by Gasteiger charge is 2.30. The number of hydrogen-bond donors (Lipinski definition) is 0. The summed E-state index contributed by atoms with van der Waals surface area (Å²) in [6.07, 6.45) is 3.41. The van der Waals surface area contributed by atoms with Crippen LogP contribution in [0, 0.1) is 0 Å². The zero-order valence-corrected chi connectivity index (χ0v) is 20.7. The second-order valence-electron chi connectivity index (χ2n) is 8.34. The zero-order chi connectivity index (χ0) is 26.1. The first-order chi connectivity index (χ1) is 17.9. The van der Waals surface area contributed by atoms with E-state index in [2.05, 4.69) is 0 Å². The molecule has 1 atom stereocenters. The number of Topliss-reactive ketones (excluding diaryl/α,β-unsaturated/α-hetero) is 1. The number of benzene rings is 3. The molecule has 0 N–H and O–H groups in total. The molecule has 0 saturated heterocycles. The highest BCUT2D eigenvalue weighted by atomic mass is 16.5. The average Bonchev–Trinajstić information content (AvgIpc) is 3.22. The minimum atomic E-state index is -0.642. The van der Waals surface area contributed by atoms with Crippen LogP contribution in [-0.2, 0) is 0 Å². The zero-order valence-electron chi connectivity index (χ0n) is 20.7. The normalized spacial score (nSPS) is 16.6. The monoisotopic (exact) mass is 500 g/mol. The molecule has 0 saturated carbocycles. The Morgan fingerprint density at radius 2 is 1.65 bits per heavy atom. The smallest absolute Gasteiger partial charge is 0.343 e. The third kappa shape index (κ3) is 4.49. The van der Waals surface area contributed by atoms with E-state index in [0.29, 0.717) is 28.6 Å². The van der Waals surface area contributed by atoms with Gasteiger partial charge in [-0.2, -0.15) is 0 Å². The van der Waals surface area contributed by atoms with Crippen molar-refractivity contribution < 1.29 is 38.0 Å². The van der Waals surface area contributed by atoms with Gasteiger partial charge in [0, 0.05) is 11.6 Å². The summed E-state index contributed by atoms with van der Waals surface area (Å²) in [5.41, 5.74) is 2.32. The fourth-order valence-electron chi connectivity index (χ4n) is 4.17. The lowest BCUT2D eigenvalue weighted by Gasteiger charge is -2.22. The topological polar surface area (TPSA) is 89.5 Å². The number of methoxy groups -OCH3 is 3. The van der Waals surface area contributed by atoms with Gasteiger partial charge in [-0.25, -0.2) is 4.79 Å². The highest BCUT2D eigenvalue weighted by Crippen LogP contribution is 2.39. The van der Waals surface area contributed by atoms with Gasteiger partial charge in [0.15, 0.2) is 17.3 Å². The quantitative estimate of drug-likeness (QED) is 0.257. The Bertz CT molecular complexity index is 1440. The van der Waals surface area contributed by atoms with Crippen molar-refractivity contribution in [1.29, 1.82) is 0 Å². The number of allylic oxidation sites excluding steroid dienone is 1. The van der Waals surface area contributed by atoms with Gasteiger partial charge < -0.3 is 28.4 Å². The molecule has 0 bridgehead atoms. The second-order valence-corrected chi connectivity index (χ2v) is 8.34. The van der Waals surface area contributed by atoms with Gasteiger partial charge in [-0.05, 0) is 55.0 Å². The van der Waals surface area contributed by atoms with Gasteiger partial charge in [-0.1, -0.05) is 18.2 Å². The molecule has 0 radical (unpaired) electrons. The fourth-order valence-corrected chi connectivity index (χ4v) is 4.17. The molecule has 188 valence electrons. The number of carbonyl (C=O) groups excluding carboxylic acids is 2. The Morgan fingerprint density at radius 3 is 2.35 bits per heavy atom. The summed E-state index contributed by atoms with van der Waals surface area (Å²) in [6, 6.07) is 15.3. The van der Waals surface area contributed by atoms with Gasteiger partial charge in [0.2, 0.25) is 11.5 Å². The van der Waals surface area contributed by atoms with E-state index in [1.807, 2.05) is 37.3 Å². The van der Waals surface area contributed by atoms with Crippen molar-refractivity contribution in [2.75, 3.05) is 21.3 Å². The van der Waals surface area contributed by atoms with Crippen LogP contribution in [0.5, 0.6) is 34.5 Å². The minimum absolute atomic E-state index is 0.171. The summed E-state index contributed by atoms with van der Waals surface area (Å²) in [6.45, 7) is 1.91. The van der Waals surface area contributed by atoms with Crippen molar-refractivity contribution in [3.05, 3.63) is 88.7 Å². The van der Waals surface area contributed by atoms with E-state index in [1.54, 1.807) is 18.2 Å². The van der Waals surface area contributed by atoms with Gasteiger partial charge in [-0.15, -0.1) is 0 Å². The third-order valence-electron chi connectivity index (χ3n) is 6.06. The first kappa shape index (κ1) is 24.0. The molecule has 3 aromatic rings. The average molecular weight is 501 g/mol. The molecule has 2 aliphatic heterocycles. The van der Waals surface area contributed by atoms with Gasteiger partial charge >= 0.3 is 5.97 Å². The van der Waals surface area contributed by atoms with E-state index < -0.39 is 5.97 Å². The summed E-state index contributed by atoms with van der Waals surface area (Å²) >= 11 is 0. The van der Waals surface area contributed by atoms with Gasteiger partial charge in [-0.3, -0.25) is 4.79 Å². The Labute approximate surface area is 213 Å². The standard InChI is InChI=1S/C29H24O8/c1-16-18(11-17-7-5-6-8-22(17)35-16)12-24-27(30)21-10-9-20(15-23(21)37-24)36-29(31)19-13-25(32-2)28(34-4)26(14-19)33-3/h5-16H,1-4H3/t16-/m0/s1. The van der Waals surface area contributed by atoms with Crippen LogP contribution in [0.3, 0.4) is 0 Å². The van der Waals surface area contributed by atoms with E-state index in [9.17, 15) is 9.59 Å². The van der Waals surface area contributed by atoms with Crippen molar-refractivity contribution in [3.8, 4) is 34.5 Å². The van der Waals surface area contributed by atoms with E-state index in [-0.39, 0.29) is 29.0 Å². The Morgan fingerprint density at radius 1 is 0.919 bits per heavy atom. The first-order valence-electron chi connectivity index (χ1n) is 11.5. The number of carbonyl (C=O) groups is 2. The number of ketones is 1. The van der Waals surface area contributed by atoms with Crippen molar-refractivity contribution in [1.82, 2.24) is 0 Å². The molecule has 0 aromatic heterocycles. The molecular formula is C29H24O8. The molecule has 8 nitrogen and oxygen atoms in total. The summed E-state index contributed by atoms with van der Waals surface area (Å²) in [4.78, 5) is 25.8. The number of esters is 1. The second kappa shape index (κ2) is 9.73. The molecular weight excluding hydrogens is 476 g/mol. The largest absolute Gasteiger partial charge is 0.493 e. The van der Waals surface area contributed by atoms with E-state index >= 15 is 0 Å². The van der Waals surface area contributed by atoms with Crippen LogP contribution in [0.1, 0.15) is 33.2 Å². The number of rotatable bonds is 6. The molecule has 0 aliphatic carbocycles. The van der Waals surface area contributed by atoms with Crippen LogP contribution in [0.15, 0.2) is 72.0 Å². The van der Waals surface area contributed by atoms with Crippen molar-refractivity contribution in [2.24, 2.45) is 0 Å². The summed E-state index contributed by atoms with van der Waals surface area (Å²) < 4.78 is 33.3. The Balaban J connectivity index is 1.37. The predicted molar refractivity (Wildman–Crippen MR) is 135 cm³/mol. The van der Waals surface area contributed by atoms with Crippen LogP contribution < -0.4 is 28.4 Å². The minimum Gasteiger partial charge on any atom is -0.493 e. The number of para-hydroxylation sites is 1. The lowest BCUT2D eigenvalue weighted by atomic mass is 10.0. The van der Waals surface area contributed by atoms with Crippen molar-refractivity contribution in [2.45, 2.75) is 13.0 Å². The fraction of sp³-hybridized carbons (Fsp3) is 0.172. The molecule has 0 unspecified atom stereocenters. The van der Waals surface area contributed by atoms with Crippen LogP contribution in [0.25, 0.3) is 6.08 Å². The van der Waals surface area contributed by atoms with Gasteiger partial charge in [0.05, 0.1) is 32.5 Å². The highest BCUT2D eigenvalue weighted by molar-refractivity contribution is 6.12. The maximum absolute atomic E-state index is 13.0. The van der Waals surface area contributed by atoms with E-state index in [0.717, 1.165) is 16.9 Å². The van der Waals surface area contributed by atoms with E-state index in [1.165, 1.54) is 39.5 Å². The lowest BCUT2D eigenvalue weighted by molar-refractivity contribution is 0.0733. The van der Waals surface area contributed by atoms with E-state index in [4.69, 9.17) is 28.4 Å². The molecule has 2 heterocycles. The van der Waals surface area contributed by atoms with Gasteiger partial charge in [0.25, 0.3) is 0 Å². The number of ether oxygens (including phenoxy) is 6. The molecule has 0 fully saturated rings. The first-order valence-corrected chi connectivity index (χ1v) is 11.5. The maximum Gasteiger partial charge on any atom is 0.343 e. The van der Waals surface area contributed by atoms with Crippen molar-refractivity contribution in [3.63, 3.8) is 0 Å². The molecule has 8 heteroatoms. The van der Waals surface area contributed by atoms with Crippen LogP contribution in [-0.4, -0.2) is 39.2 Å². The SMILES string of the molecule is COc1cc(C(=O)Oc2ccc3c(c2)OC(=CC2=Cc4ccccc4O[C@H]2C)C3=O)cc(OC)c1OC. The summed E-state index contributed by atoms with van der Waals surface area (Å²) in [5, 5.41) is 0. The van der Waals surface area contributed by atoms with Gasteiger partial charge in [0.1, 0.15) is 23.4 Å². The predicted octanol–water partition coefficient (Wildman–Crippen LogP) is 5.26. The lowest BCUT2D eigenvalue weighted by Crippen LogP contribution is -2.18. The Hall–Kier alpha value is -4.72. The molecule has 2 aliphatic rings. The molecule has 5 rings (SSSR count). The molecule has 37 heavy (non-hydrogen) atoms. The maximum atomic E-state index is 13.0. The third-order valence-corrected chi connectivity index (χ3v) is 6.06.